The summed E-state index contributed by atoms with van der Waals surface area (Å²) in [4.78, 5) is 10.5. The zero-order valence-electron chi connectivity index (χ0n) is 9.47. The van der Waals surface area contributed by atoms with Crippen LogP contribution in [0.2, 0.25) is 0 Å². The Kier molecular flexibility index (Phi) is 16.2. The van der Waals surface area contributed by atoms with Crippen molar-refractivity contribution in [2.24, 2.45) is 0 Å². The van der Waals surface area contributed by atoms with Gasteiger partial charge in [-0.3, -0.25) is 4.79 Å². The van der Waals surface area contributed by atoms with Gasteiger partial charge in [0.15, 0.2) is 0 Å². The fourth-order valence-electron chi connectivity index (χ4n) is 1.29. The van der Waals surface area contributed by atoms with Crippen LogP contribution in [0.15, 0.2) is 0 Å². The van der Waals surface area contributed by atoms with E-state index in [0.717, 1.165) is 12.8 Å². The van der Waals surface area contributed by atoms with E-state index in [2.05, 4.69) is 6.92 Å². The van der Waals surface area contributed by atoms with Crippen molar-refractivity contribution in [3.63, 3.8) is 0 Å². The van der Waals surface area contributed by atoms with Gasteiger partial charge < -0.3 is 10.7 Å². The molecule has 0 aromatic heterocycles. The molecule has 0 atom stereocenters. The first-order valence-corrected chi connectivity index (χ1v) is 5.22. The summed E-state index contributed by atoms with van der Waals surface area (Å²) >= 11 is 0. The van der Waals surface area contributed by atoms with Crippen molar-refractivity contribution in [2.75, 3.05) is 0 Å². The van der Waals surface area contributed by atoms with Crippen LogP contribution in [0, 0.1) is 5.21 Å². The largest absolute Gasteiger partial charge is 1.00 e. The number of amides is 1. The van der Waals surface area contributed by atoms with Gasteiger partial charge in [0.25, 0.3) is 0 Å². The van der Waals surface area contributed by atoms with Crippen LogP contribution in [-0.4, -0.2) is 5.91 Å². The molecule has 14 heavy (non-hydrogen) atoms. The first kappa shape index (κ1) is 16.8. The predicted molar refractivity (Wildman–Crippen MR) is 54.1 cm³/mol. The van der Waals surface area contributed by atoms with E-state index in [9.17, 15) is 10.0 Å². The van der Waals surface area contributed by atoms with Crippen LogP contribution in [0.5, 0.6) is 0 Å². The Morgan fingerprint density at radius 3 is 2.07 bits per heavy atom. The van der Waals surface area contributed by atoms with Gasteiger partial charge in [-0.1, -0.05) is 45.4 Å². The Hall–Kier alpha value is 0.430. The van der Waals surface area contributed by atoms with Gasteiger partial charge in [0.05, 0.1) is 0 Å². The molecule has 78 valence electrons. The van der Waals surface area contributed by atoms with Gasteiger partial charge in [0, 0.05) is 6.42 Å². The summed E-state index contributed by atoms with van der Waals surface area (Å²) in [6, 6.07) is 0. The summed E-state index contributed by atoms with van der Waals surface area (Å²) in [5.41, 5.74) is 1.39. The van der Waals surface area contributed by atoms with E-state index in [4.69, 9.17) is 0 Å². The zero-order chi connectivity index (χ0) is 9.94. The molecule has 0 saturated heterocycles. The third kappa shape index (κ3) is 12.4. The Morgan fingerprint density at radius 1 is 1.07 bits per heavy atom. The van der Waals surface area contributed by atoms with Crippen molar-refractivity contribution in [2.45, 2.75) is 58.3 Å². The van der Waals surface area contributed by atoms with Crippen LogP contribution >= 0.6 is 0 Å². The van der Waals surface area contributed by atoms with E-state index in [-0.39, 0.29) is 35.5 Å². The molecular formula is C10H20NNaO2. The number of nitrogens with one attached hydrogen (secondary N) is 1. The number of unbranched alkanes of at least 4 members (excludes halogenated alkanes) is 6. The predicted octanol–water partition coefficient (Wildman–Crippen LogP) is -0.255. The molecular weight excluding hydrogens is 189 g/mol. The second-order valence-electron chi connectivity index (χ2n) is 3.40. The number of carbonyl (C=O) groups excluding carboxylic acids is 1. The SMILES string of the molecule is CCCCCCCCCC(=O)N[O-].[Na+]. The number of carbonyl (C=O) groups is 1. The van der Waals surface area contributed by atoms with Crippen molar-refractivity contribution < 1.29 is 34.4 Å². The summed E-state index contributed by atoms with van der Waals surface area (Å²) < 4.78 is 0. The van der Waals surface area contributed by atoms with Crippen LogP contribution in [0.1, 0.15) is 58.3 Å². The maximum atomic E-state index is 10.5. The molecule has 4 heteroatoms. The van der Waals surface area contributed by atoms with Crippen LogP contribution in [-0.2, 0) is 4.79 Å². The van der Waals surface area contributed by atoms with E-state index < -0.39 is 0 Å². The van der Waals surface area contributed by atoms with Crippen LogP contribution in [0.3, 0.4) is 0 Å². The van der Waals surface area contributed by atoms with Gasteiger partial charge in [-0.25, -0.2) is 0 Å². The summed E-state index contributed by atoms with van der Waals surface area (Å²) in [7, 11) is 0. The van der Waals surface area contributed by atoms with Gasteiger partial charge in [0.2, 0.25) is 5.91 Å². The van der Waals surface area contributed by atoms with E-state index in [1.807, 2.05) is 0 Å². The zero-order valence-corrected chi connectivity index (χ0v) is 11.5. The van der Waals surface area contributed by atoms with E-state index in [0.29, 0.717) is 6.42 Å². The normalized spacial score (nSPS) is 9.29. The first-order valence-electron chi connectivity index (χ1n) is 5.22. The monoisotopic (exact) mass is 209 g/mol. The molecule has 0 spiro atoms. The molecule has 0 saturated carbocycles. The first-order chi connectivity index (χ1) is 6.31. The third-order valence-corrected chi connectivity index (χ3v) is 2.12. The van der Waals surface area contributed by atoms with Crippen molar-refractivity contribution in [3.05, 3.63) is 5.21 Å². The second-order valence-corrected chi connectivity index (χ2v) is 3.40. The number of hydroxylamine groups is 1. The minimum absolute atomic E-state index is 0. The summed E-state index contributed by atoms with van der Waals surface area (Å²) in [6.45, 7) is 2.19. The molecule has 3 nitrogen and oxygen atoms in total. The molecule has 0 aromatic carbocycles. The topological polar surface area (TPSA) is 52.2 Å². The van der Waals surface area contributed by atoms with E-state index in [1.54, 1.807) is 0 Å². The maximum Gasteiger partial charge on any atom is 1.00 e. The van der Waals surface area contributed by atoms with Crippen LogP contribution < -0.4 is 35.0 Å². The van der Waals surface area contributed by atoms with Crippen LogP contribution in [0.25, 0.3) is 0 Å². The molecule has 0 aliphatic carbocycles. The molecule has 0 rings (SSSR count). The van der Waals surface area contributed by atoms with Crippen molar-refractivity contribution in [3.8, 4) is 0 Å². The van der Waals surface area contributed by atoms with Gasteiger partial charge in [-0.15, -0.1) is 0 Å². The van der Waals surface area contributed by atoms with Crippen molar-refractivity contribution in [1.82, 2.24) is 5.48 Å². The Bertz CT molecular complexity index is 131. The molecule has 0 heterocycles. The summed E-state index contributed by atoms with van der Waals surface area (Å²) in [6.07, 6.45) is 8.61. The average molecular weight is 209 g/mol. The minimum Gasteiger partial charge on any atom is -0.759 e. The fraction of sp³-hybridized carbons (Fsp3) is 0.900. The fourth-order valence-corrected chi connectivity index (χ4v) is 1.29. The number of rotatable bonds is 8. The Morgan fingerprint density at radius 2 is 1.57 bits per heavy atom. The van der Waals surface area contributed by atoms with Gasteiger partial charge >= 0.3 is 29.6 Å². The number of hydrogen-bond acceptors (Lipinski definition) is 2. The molecule has 1 amide bonds. The average Bonchev–Trinajstić information content (AvgIpc) is 2.16. The van der Waals surface area contributed by atoms with E-state index in [1.165, 1.54) is 37.6 Å². The van der Waals surface area contributed by atoms with Crippen molar-refractivity contribution in [1.29, 1.82) is 0 Å². The maximum absolute atomic E-state index is 10.5. The molecule has 1 N–H and O–H groups in total. The molecule has 0 unspecified atom stereocenters. The molecule has 0 aliphatic rings. The minimum atomic E-state index is -0.381. The Balaban J connectivity index is 0. The van der Waals surface area contributed by atoms with Crippen molar-refractivity contribution >= 4 is 5.91 Å². The molecule has 0 aliphatic heterocycles. The Labute approximate surface area is 109 Å². The summed E-state index contributed by atoms with van der Waals surface area (Å²) in [5.74, 6) is -0.381. The smallest absolute Gasteiger partial charge is 0.759 e. The number of hydrogen-bond donors (Lipinski definition) is 1. The quantitative estimate of drug-likeness (QED) is 0.340. The van der Waals surface area contributed by atoms with Gasteiger partial charge in [-0.05, 0) is 6.42 Å². The van der Waals surface area contributed by atoms with Gasteiger partial charge in [0.1, 0.15) is 0 Å². The molecule has 0 aromatic rings. The van der Waals surface area contributed by atoms with E-state index >= 15 is 0 Å². The van der Waals surface area contributed by atoms with Crippen LogP contribution in [0.4, 0.5) is 0 Å². The summed E-state index contributed by atoms with van der Waals surface area (Å²) in [5, 5.41) is 9.84. The molecule has 0 fully saturated rings. The molecule has 0 radical (unpaired) electrons. The standard InChI is InChI=1S/C10H20NO2.Na/c1-2-3-4-5-6-7-8-9-10(12)11-13;/h2-9H2,1H3,(H-,11,12,13);/q-1;+1. The third-order valence-electron chi connectivity index (χ3n) is 2.12. The molecule has 0 bridgehead atoms. The van der Waals surface area contributed by atoms with Gasteiger partial charge in [-0.2, -0.15) is 0 Å². The second kappa shape index (κ2) is 13.4.